The van der Waals surface area contributed by atoms with Crippen LogP contribution in [0.4, 0.5) is 0 Å². The largest absolute Gasteiger partial charge is 0.352 e. The zero-order valence-corrected chi connectivity index (χ0v) is 23.3. The molecule has 1 N–H and O–H groups in total. The Bertz CT molecular complexity index is 1500. The summed E-state index contributed by atoms with van der Waals surface area (Å²) in [7, 11) is -4.19. The third-order valence-electron chi connectivity index (χ3n) is 7.64. The molecule has 1 aliphatic carbocycles. The van der Waals surface area contributed by atoms with Crippen molar-refractivity contribution in [2.24, 2.45) is 0 Å². The van der Waals surface area contributed by atoms with E-state index in [1.54, 1.807) is 12.1 Å². The summed E-state index contributed by atoms with van der Waals surface area (Å²) in [4.78, 5) is 42.2. The minimum absolute atomic E-state index is 0.0390. The number of hydrogen-bond acceptors (Lipinski definition) is 5. The highest BCUT2D eigenvalue weighted by atomic mass is 32.2. The molecular formula is C31H33N3O5S. The van der Waals surface area contributed by atoms with Crippen LogP contribution in [-0.4, -0.2) is 54.0 Å². The summed E-state index contributed by atoms with van der Waals surface area (Å²) in [6.45, 7) is 1.36. The summed E-state index contributed by atoms with van der Waals surface area (Å²) < 4.78 is 27.1. The van der Waals surface area contributed by atoms with Crippen LogP contribution >= 0.6 is 0 Å². The van der Waals surface area contributed by atoms with E-state index in [4.69, 9.17) is 0 Å². The first-order valence-electron chi connectivity index (χ1n) is 13.6. The molecule has 1 fully saturated rings. The van der Waals surface area contributed by atoms with Crippen molar-refractivity contribution in [3.63, 3.8) is 0 Å². The maximum atomic E-state index is 14.0. The van der Waals surface area contributed by atoms with Crippen LogP contribution in [0.2, 0.25) is 0 Å². The van der Waals surface area contributed by atoms with Crippen LogP contribution in [0, 0.1) is 6.92 Å². The van der Waals surface area contributed by atoms with Gasteiger partial charge in [-0.3, -0.25) is 14.4 Å². The number of amides is 3. The molecule has 208 valence electrons. The first-order chi connectivity index (χ1) is 19.2. The van der Waals surface area contributed by atoms with Gasteiger partial charge < -0.3 is 10.2 Å². The molecule has 0 radical (unpaired) electrons. The zero-order chi connectivity index (χ0) is 28.3. The Labute approximate surface area is 235 Å². The Hall–Kier alpha value is -3.98. The van der Waals surface area contributed by atoms with Gasteiger partial charge in [0, 0.05) is 19.0 Å². The molecule has 8 nitrogen and oxygen atoms in total. The van der Waals surface area contributed by atoms with Gasteiger partial charge in [0.1, 0.15) is 17.5 Å². The smallest absolute Gasteiger partial charge is 0.269 e. The number of benzene rings is 3. The molecule has 5 rings (SSSR count). The van der Waals surface area contributed by atoms with Gasteiger partial charge in [-0.05, 0) is 43.0 Å². The lowest BCUT2D eigenvalue weighted by Gasteiger charge is -2.33. The van der Waals surface area contributed by atoms with Crippen molar-refractivity contribution in [1.82, 2.24) is 14.5 Å². The number of nitrogens with one attached hydrogen (secondary N) is 1. The van der Waals surface area contributed by atoms with E-state index >= 15 is 0 Å². The van der Waals surface area contributed by atoms with Crippen LogP contribution in [0.15, 0.2) is 83.8 Å². The molecule has 9 heteroatoms. The molecule has 1 saturated carbocycles. The second-order valence-electron chi connectivity index (χ2n) is 10.5. The summed E-state index contributed by atoms with van der Waals surface area (Å²) >= 11 is 0. The minimum Gasteiger partial charge on any atom is -0.352 e. The normalized spacial score (nSPS) is 16.9. The third kappa shape index (κ3) is 5.79. The number of carbonyl (C=O) groups is 3. The van der Waals surface area contributed by atoms with Gasteiger partial charge in [-0.2, -0.15) is 0 Å². The summed E-state index contributed by atoms with van der Waals surface area (Å²) in [6.07, 6.45) is 4.09. The van der Waals surface area contributed by atoms with Gasteiger partial charge >= 0.3 is 0 Å². The monoisotopic (exact) mass is 559 g/mol. The van der Waals surface area contributed by atoms with E-state index < -0.39 is 34.4 Å². The van der Waals surface area contributed by atoms with E-state index in [9.17, 15) is 22.8 Å². The molecule has 3 aromatic carbocycles. The molecule has 3 aromatic rings. The average Bonchev–Trinajstić information content (AvgIpc) is 3.53. The maximum absolute atomic E-state index is 14.0. The molecule has 3 amide bonds. The molecule has 1 atom stereocenters. The number of aryl methyl sites for hydroxylation is 1. The predicted octanol–water partition coefficient (Wildman–Crippen LogP) is 3.84. The lowest BCUT2D eigenvalue weighted by molar-refractivity contribution is -0.141. The molecule has 0 aromatic heterocycles. The van der Waals surface area contributed by atoms with Gasteiger partial charge in [0.25, 0.3) is 15.9 Å². The van der Waals surface area contributed by atoms with Crippen molar-refractivity contribution in [3.8, 4) is 0 Å². The van der Waals surface area contributed by atoms with Crippen LogP contribution in [0.1, 0.15) is 52.7 Å². The van der Waals surface area contributed by atoms with Gasteiger partial charge in [0.2, 0.25) is 11.8 Å². The third-order valence-corrected chi connectivity index (χ3v) is 9.42. The molecule has 40 heavy (non-hydrogen) atoms. The van der Waals surface area contributed by atoms with Crippen molar-refractivity contribution >= 4 is 27.7 Å². The van der Waals surface area contributed by atoms with Crippen molar-refractivity contribution < 1.29 is 22.8 Å². The van der Waals surface area contributed by atoms with E-state index in [2.05, 4.69) is 5.32 Å². The molecule has 2 aliphatic rings. The summed E-state index contributed by atoms with van der Waals surface area (Å²) in [5.74, 6) is -1.64. The van der Waals surface area contributed by atoms with Crippen LogP contribution in [0.25, 0.3) is 0 Å². The number of nitrogens with zero attached hydrogens (tertiary/aromatic N) is 2. The molecule has 1 heterocycles. The number of sulfonamides is 1. The first kappa shape index (κ1) is 27.6. The lowest BCUT2D eigenvalue weighted by Crippen LogP contribution is -2.54. The summed E-state index contributed by atoms with van der Waals surface area (Å²) in [5, 5.41) is 3.13. The topological polar surface area (TPSA) is 104 Å². The Balaban J connectivity index is 1.49. The quantitative estimate of drug-likeness (QED) is 0.429. The van der Waals surface area contributed by atoms with Gasteiger partial charge in [0.15, 0.2) is 0 Å². The molecule has 0 bridgehead atoms. The molecule has 0 saturated heterocycles. The second kappa shape index (κ2) is 11.6. The van der Waals surface area contributed by atoms with E-state index in [1.807, 2.05) is 61.5 Å². The van der Waals surface area contributed by atoms with Crippen molar-refractivity contribution in [3.05, 3.63) is 101 Å². The van der Waals surface area contributed by atoms with Crippen LogP contribution in [0.5, 0.6) is 0 Å². The van der Waals surface area contributed by atoms with E-state index in [0.29, 0.717) is 4.31 Å². The fraction of sp³-hybridized carbons (Fsp3) is 0.323. The molecule has 1 unspecified atom stereocenters. The van der Waals surface area contributed by atoms with Crippen molar-refractivity contribution in [2.75, 3.05) is 6.54 Å². The van der Waals surface area contributed by atoms with Crippen molar-refractivity contribution in [1.29, 1.82) is 0 Å². The van der Waals surface area contributed by atoms with Gasteiger partial charge in [-0.25, -0.2) is 12.7 Å². The van der Waals surface area contributed by atoms with E-state index in [0.717, 1.165) is 42.4 Å². The molecule has 0 spiro atoms. The van der Waals surface area contributed by atoms with Gasteiger partial charge in [-0.1, -0.05) is 85.1 Å². The fourth-order valence-corrected chi connectivity index (χ4v) is 6.93. The zero-order valence-electron chi connectivity index (χ0n) is 22.5. The SMILES string of the molecule is Cc1ccc(CN(C(=O)CN2C(=O)c3ccccc3S2(=O)=O)C(Cc2ccccc2)C(=O)NC2CCCC2)cc1. The fourth-order valence-electron chi connectivity index (χ4n) is 5.41. The van der Waals surface area contributed by atoms with Crippen LogP contribution in [0.3, 0.4) is 0 Å². The average molecular weight is 560 g/mol. The van der Waals surface area contributed by atoms with E-state index in [1.165, 1.54) is 17.0 Å². The highest BCUT2D eigenvalue weighted by Crippen LogP contribution is 2.30. The number of hydrogen-bond donors (Lipinski definition) is 1. The first-order valence-corrected chi connectivity index (χ1v) is 15.0. The Morgan fingerprint density at radius 1 is 0.925 bits per heavy atom. The Morgan fingerprint density at radius 2 is 1.57 bits per heavy atom. The second-order valence-corrected chi connectivity index (χ2v) is 12.3. The number of rotatable bonds is 9. The van der Waals surface area contributed by atoms with Crippen LogP contribution in [-0.2, 0) is 32.6 Å². The highest BCUT2D eigenvalue weighted by molar-refractivity contribution is 7.90. The summed E-state index contributed by atoms with van der Waals surface area (Å²) in [5.41, 5.74) is 2.76. The predicted molar refractivity (Wildman–Crippen MR) is 151 cm³/mol. The maximum Gasteiger partial charge on any atom is 0.269 e. The van der Waals surface area contributed by atoms with E-state index in [-0.39, 0.29) is 35.4 Å². The highest BCUT2D eigenvalue weighted by Gasteiger charge is 2.43. The lowest BCUT2D eigenvalue weighted by atomic mass is 10.0. The Morgan fingerprint density at radius 3 is 2.25 bits per heavy atom. The minimum atomic E-state index is -4.19. The number of carbonyl (C=O) groups excluding carboxylic acids is 3. The molecule has 1 aliphatic heterocycles. The van der Waals surface area contributed by atoms with Crippen LogP contribution < -0.4 is 5.32 Å². The van der Waals surface area contributed by atoms with Crippen molar-refractivity contribution in [2.45, 2.75) is 62.6 Å². The molecular weight excluding hydrogens is 526 g/mol. The Kier molecular flexibility index (Phi) is 8.02. The summed E-state index contributed by atoms with van der Waals surface area (Å²) in [6, 6.07) is 22.1. The number of fused-ring (bicyclic) bond motifs is 1. The van der Waals surface area contributed by atoms with Gasteiger partial charge in [-0.15, -0.1) is 0 Å². The standard InChI is InChI=1S/C31H33N3O5S/c1-22-15-17-24(18-16-22)20-33(29(35)21-34-31(37)26-13-7-8-14-28(26)40(34,38)39)27(19-23-9-3-2-4-10-23)30(36)32-25-11-5-6-12-25/h2-4,7-10,13-18,25,27H,5-6,11-12,19-21H2,1H3,(H,32,36). The van der Waals surface area contributed by atoms with Gasteiger partial charge in [0.05, 0.1) is 5.56 Å².